The second kappa shape index (κ2) is 5.77. The molecule has 2 heterocycles. The van der Waals surface area contributed by atoms with Crippen molar-refractivity contribution in [2.75, 3.05) is 0 Å². The van der Waals surface area contributed by atoms with Crippen molar-refractivity contribution in [2.24, 2.45) is 0 Å². The quantitative estimate of drug-likeness (QED) is 0.725. The highest BCUT2D eigenvalue weighted by atomic mass is 35.5. The van der Waals surface area contributed by atoms with Crippen LogP contribution in [0.4, 0.5) is 0 Å². The molecule has 0 radical (unpaired) electrons. The number of pyridine rings is 1. The molecule has 0 saturated carbocycles. The van der Waals surface area contributed by atoms with Gasteiger partial charge >= 0.3 is 0 Å². The van der Waals surface area contributed by atoms with Gasteiger partial charge in [-0.2, -0.15) is 4.98 Å². The number of hydrogen-bond acceptors (Lipinski definition) is 5. The maximum absolute atomic E-state index is 5.92. The number of halogens is 1. The predicted molar refractivity (Wildman–Crippen MR) is 82.6 cm³/mol. The molecule has 3 aromatic rings. The molecule has 6 heteroatoms. The number of aromatic nitrogens is 3. The Morgan fingerprint density at radius 2 is 1.86 bits per heavy atom. The van der Waals surface area contributed by atoms with Gasteiger partial charge in [0, 0.05) is 11.2 Å². The van der Waals surface area contributed by atoms with Gasteiger partial charge < -0.3 is 9.26 Å². The summed E-state index contributed by atoms with van der Waals surface area (Å²) < 4.78 is 11.2. The van der Waals surface area contributed by atoms with Gasteiger partial charge in [-0.15, -0.1) is 0 Å². The molecule has 3 rings (SSSR count). The molecule has 5 nitrogen and oxygen atoms in total. The normalized spacial score (nSPS) is 11.4. The SMILES string of the molecule is CC(C)(Oc1ccc(Cl)cc1)c1nc(-c2ccccn2)no1. The molecule has 0 spiro atoms. The molecule has 112 valence electrons. The molecule has 0 aliphatic rings. The molecule has 0 atom stereocenters. The van der Waals surface area contributed by atoms with Gasteiger partial charge in [-0.3, -0.25) is 4.98 Å². The molecule has 2 aromatic heterocycles. The Balaban J connectivity index is 1.83. The third-order valence-electron chi connectivity index (χ3n) is 3.02. The van der Waals surface area contributed by atoms with Crippen LogP contribution < -0.4 is 4.74 Å². The Morgan fingerprint density at radius 1 is 1.09 bits per heavy atom. The molecule has 0 amide bonds. The van der Waals surface area contributed by atoms with Crippen molar-refractivity contribution in [3.05, 3.63) is 59.6 Å². The Hall–Kier alpha value is -2.40. The maximum atomic E-state index is 5.92. The molecule has 0 bridgehead atoms. The van der Waals surface area contributed by atoms with E-state index in [0.29, 0.717) is 28.2 Å². The lowest BCUT2D eigenvalue weighted by Crippen LogP contribution is -2.25. The van der Waals surface area contributed by atoms with E-state index in [2.05, 4.69) is 15.1 Å². The van der Waals surface area contributed by atoms with Crippen LogP contribution in [-0.2, 0) is 5.60 Å². The van der Waals surface area contributed by atoms with E-state index in [4.69, 9.17) is 20.9 Å². The lowest BCUT2D eigenvalue weighted by molar-refractivity contribution is 0.0692. The van der Waals surface area contributed by atoms with E-state index in [1.807, 2.05) is 32.0 Å². The first kappa shape index (κ1) is 14.5. The largest absolute Gasteiger partial charge is 0.478 e. The van der Waals surface area contributed by atoms with E-state index in [9.17, 15) is 0 Å². The average Bonchev–Trinajstić information content (AvgIpc) is 3.01. The van der Waals surface area contributed by atoms with Crippen LogP contribution in [0, 0.1) is 0 Å². The van der Waals surface area contributed by atoms with E-state index in [1.165, 1.54) is 0 Å². The highest BCUT2D eigenvalue weighted by Crippen LogP contribution is 2.28. The van der Waals surface area contributed by atoms with Crippen molar-refractivity contribution in [3.63, 3.8) is 0 Å². The van der Waals surface area contributed by atoms with Crippen molar-refractivity contribution in [2.45, 2.75) is 19.4 Å². The summed E-state index contributed by atoms with van der Waals surface area (Å²) in [5.41, 5.74) is -0.117. The molecule has 0 aliphatic carbocycles. The van der Waals surface area contributed by atoms with Gasteiger partial charge in [-0.25, -0.2) is 0 Å². The molecular weight excluding hydrogens is 302 g/mol. The Kier molecular flexibility index (Phi) is 3.81. The molecule has 0 aliphatic heterocycles. The average molecular weight is 316 g/mol. The fourth-order valence-electron chi connectivity index (χ4n) is 1.91. The lowest BCUT2D eigenvalue weighted by atomic mass is 10.1. The summed E-state index contributed by atoms with van der Waals surface area (Å²) in [6.07, 6.45) is 1.68. The standard InChI is InChI=1S/C16H14ClN3O2/c1-16(2,21-12-8-6-11(17)7-9-12)15-19-14(20-22-15)13-5-3-4-10-18-13/h3-10H,1-2H3. The first-order chi connectivity index (χ1) is 10.5. The molecule has 0 unspecified atom stereocenters. The first-order valence-corrected chi connectivity index (χ1v) is 7.12. The number of ether oxygens (including phenoxy) is 1. The van der Waals surface area contributed by atoms with Gasteiger partial charge in [0.15, 0.2) is 5.60 Å². The Bertz CT molecular complexity index is 755. The van der Waals surface area contributed by atoms with Crippen molar-refractivity contribution < 1.29 is 9.26 Å². The lowest BCUT2D eigenvalue weighted by Gasteiger charge is -2.22. The topological polar surface area (TPSA) is 61.0 Å². The second-order valence-electron chi connectivity index (χ2n) is 5.20. The van der Waals surface area contributed by atoms with Crippen LogP contribution in [0.1, 0.15) is 19.7 Å². The first-order valence-electron chi connectivity index (χ1n) is 6.75. The zero-order valence-corrected chi connectivity index (χ0v) is 12.9. The number of hydrogen-bond donors (Lipinski definition) is 0. The summed E-state index contributed by atoms with van der Waals surface area (Å²) in [4.78, 5) is 8.57. The van der Waals surface area contributed by atoms with Crippen LogP contribution in [0.2, 0.25) is 5.02 Å². The summed E-state index contributed by atoms with van der Waals surface area (Å²) in [5.74, 6) is 1.48. The third-order valence-corrected chi connectivity index (χ3v) is 3.27. The highest BCUT2D eigenvalue weighted by molar-refractivity contribution is 6.30. The van der Waals surface area contributed by atoms with E-state index in [-0.39, 0.29) is 0 Å². The van der Waals surface area contributed by atoms with Crippen molar-refractivity contribution in [1.82, 2.24) is 15.1 Å². The van der Waals surface area contributed by atoms with Crippen molar-refractivity contribution in [3.8, 4) is 17.3 Å². The summed E-state index contributed by atoms with van der Waals surface area (Å²) in [7, 11) is 0. The number of benzene rings is 1. The number of nitrogens with zero attached hydrogens (tertiary/aromatic N) is 3. The van der Waals surface area contributed by atoms with Gasteiger partial charge in [-0.05, 0) is 50.2 Å². The van der Waals surface area contributed by atoms with Crippen LogP contribution >= 0.6 is 11.6 Å². The molecule has 22 heavy (non-hydrogen) atoms. The molecule has 0 N–H and O–H groups in total. The highest BCUT2D eigenvalue weighted by Gasteiger charge is 2.30. The summed E-state index contributed by atoms with van der Waals surface area (Å²) >= 11 is 5.87. The van der Waals surface area contributed by atoms with Crippen LogP contribution in [0.25, 0.3) is 11.5 Å². The fraction of sp³-hybridized carbons (Fsp3) is 0.188. The van der Waals surface area contributed by atoms with Gasteiger partial charge in [0.25, 0.3) is 5.89 Å². The van der Waals surface area contributed by atoms with Gasteiger partial charge in [0.05, 0.1) is 0 Å². The zero-order valence-electron chi connectivity index (χ0n) is 12.2. The fourth-order valence-corrected chi connectivity index (χ4v) is 2.03. The van der Waals surface area contributed by atoms with Gasteiger partial charge in [0.2, 0.25) is 5.82 Å². The number of rotatable bonds is 4. The third kappa shape index (κ3) is 3.09. The summed E-state index contributed by atoms with van der Waals surface area (Å²) in [6.45, 7) is 3.72. The second-order valence-corrected chi connectivity index (χ2v) is 5.64. The predicted octanol–water partition coefficient (Wildman–Crippen LogP) is 4.10. The summed E-state index contributed by atoms with van der Waals surface area (Å²) in [6, 6.07) is 12.6. The monoisotopic (exact) mass is 315 g/mol. The van der Waals surface area contributed by atoms with Crippen molar-refractivity contribution >= 4 is 11.6 Å². The van der Waals surface area contributed by atoms with E-state index in [0.717, 1.165) is 0 Å². The molecule has 1 aromatic carbocycles. The van der Waals surface area contributed by atoms with Crippen LogP contribution in [0.5, 0.6) is 5.75 Å². The maximum Gasteiger partial charge on any atom is 0.270 e. The Labute approximate surface area is 132 Å². The minimum Gasteiger partial charge on any atom is -0.478 e. The van der Waals surface area contributed by atoms with Gasteiger partial charge in [0.1, 0.15) is 11.4 Å². The van der Waals surface area contributed by atoms with Crippen LogP contribution in [-0.4, -0.2) is 15.1 Å². The summed E-state index contributed by atoms with van der Waals surface area (Å²) in [5, 5.41) is 4.61. The zero-order chi connectivity index (χ0) is 15.6. The van der Waals surface area contributed by atoms with E-state index < -0.39 is 5.60 Å². The van der Waals surface area contributed by atoms with Crippen molar-refractivity contribution in [1.29, 1.82) is 0 Å². The van der Waals surface area contributed by atoms with E-state index in [1.54, 1.807) is 30.5 Å². The van der Waals surface area contributed by atoms with Crippen LogP contribution in [0.15, 0.2) is 53.2 Å². The minimum absolute atomic E-state index is 0.378. The molecular formula is C16H14ClN3O2. The smallest absolute Gasteiger partial charge is 0.270 e. The van der Waals surface area contributed by atoms with Crippen LogP contribution in [0.3, 0.4) is 0 Å². The molecule has 0 saturated heterocycles. The molecule has 0 fully saturated rings. The Morgan fingerprint density at radius 3 is 2.55 bits per heavy atom. The minimum atomic E-state index is -0.770. The van der Waals surface area contributed by atoms with E-state index >= 15 is 0 Å². The van der Waals surface area contributed by atoms with Gasteiger partial charge in [-0.1, -0.05) is 22.8 Å².